The Morgan fingerprint density at radius 1 is 1.11 bits per heavy atom. The maximum Gasteiger partial charge on any atom is 0.269 e. The van der Waals surface area contributed by atoms with E-state index in [2.05, 4.69) is 5.32 Å². The van der Waals surface area contributed by atoms with Crippen molar-refractivity contribution < 1.29 is 13.2 Å². The van der Waals surface area contributed by atoms with Gasteiger partial charge in [0.1, 0.15) is 17.5 Å². The highest BCUT2D eigenvalue weighted by Crippen LogP contribution is 2.32. The molecule has 0 atom stereocenters. The molecular weight excluding hydrogens is 364 g/mol. The third-order valence-electron chi connectivity index (χ3n) is 3.94. The highest BCUT2D eigenvalue weighted by molar-refractivity contribution is 7.90. The summed E-state index contributed by atoms with van der Waals surface area (Å²) >= 11 is 0. The summed E-state index contributed by atoms with van der Waals surface area (Å²) in [6, 6.07) is 16.6. The first-order valence-electron chi connectivity index (χ1n) is 7.94. The fourth-order valence-electron chi connectivity index (χ4n) is 2.68. The van der Waals surface area contributed by atoms with Crippen LogP contribution in [0.3, 0.4) is 0 Å². The Balaban J connectivity index is 2.09. The van der Waals surface area contributed by atoms with Gasteiger partial charge in [0.15, 0.2) is 0 Å². The fraction of sp³-hybridized carbons (Fsp3) is 0.0526. The number of benzene rings is 2. The van der Waals surface area contributed by atoms with Crippen molar-refractivity contribution in [3.05, 3.63) is 66.4 Å². The van der Waals surface area contributed by atoms with E-state index in [1.54, 1.807) is 24.3 Å². The first kappa shape index (κ1) is 18.2. The molecule has 2 aromatic carbocycles. The molecule has 0 unspecified atom stereocenters. The number of carbonyl (C=O) groups excluding carboxylic acids is 1. The van der Waals surface area contributed by atoms with Crippen LogP contribution < -0.4 is 11.1 Å². The van der Waals surface area contributed by atoms with Gasteiger partial charge in [-0.25, -0.2) is 12.4 Å². The van der Waals surface area contributed by atoms with Crippen LogP contribution in [0.2, 0.25) is 0 Å². The molecule has 0 radical (unpaired) electrons. The van der Waals surface area contributed by atoms with E-state index in [4.69, 9.17) is 5.73 Å². The van der Waals surface area contributed by atoms with Gasteiger partial charge >= 0.3 is 0 Å². The molecule has 3 N–H and O–H groups in total. The van der Waals surface area contributed by atoms with E-state index < -0.39 is 10.0 Å². The number of rotatable bonds is 4. The van der Waals surface area contributed by atoms with Gasteiger partial charge in [-0.2, -0.15) is 5.26 Å². The second kappa shape index (κ2) is 6.97. The molecule has 0 spiro atoms. The van der Waals surface area contributed by atoms with Gasteiger partial charge in [0.25, 0.3) is 10.0 Å². The molecule has 27 heavy (non-hydrogen) atoms. The number of nitrogen functional groups attached to an aromatic ring is 1. The van der Waals surface area contributed by atoms with E-state index >= 15 is 0 Å². The standard InChI is InChI=1S/C19H16N4O3S/c1-13(24)22-15-7-9-16(10-8-15)27(25,26)23-12-18(17(11-20)19(23)21)14-5-3-2-4-6-14/h2-10,12H,21H2,1H3,(H,22,24). The average molecular weight is 380 g/mol. The number of hydrogen-bond acceptors (Lipinski definition) is 5. The average Bonchev–Trinajstić information content (AvgIpc) is 2.99. The van der Waals surface area contributed by atoms with E-state index in [0.29, 0.717) is 16.8 Å². The van der Waals surface area contributed by atoms with Crippen LogP contribution in [0, 0.1) is 11.3 Å². The van der Waals surface area contributed by atoms with Crippen LogP contribution in [0.4, 0.5) is 11.5 Å². The predicted octanol–water partition coefficient (Wildman–Crippen LogP) is 2.80. The highest BCUT2D eigenvalue weighted by Gasteiger charge is 2.24. The quantitative estimate of drug-likeness (QED) is 0.721. The first-order chi connectivity index (χ1) is 12.8. The molecule has 8 heteroatoms. The van der Waals surface area contributed by atoms with Crippen molar-refractivity contribution >= 4 is 27.4 Å². The van der Waals surface area contributed by atoms with Gasteiger partial charge < -0.3 is 11.1 Å². The summed E-state index contributed by atoms with van der Waals surface area (Å²) in [5, 5.41) is 12.0. The molecule has 0 fully saturated rings. The second-order valence-electron chi connectivity index (χ2n) is 5.79. The van der Waals surface area contributed by atoms with E-state index in [9.17, 15) is 18.5 Å². The Morgan fingerprint density at radius 2 is 1.74 bits per heavy atom. The van der Waals surface area contributed by atoms with Crippen LogP contribution in [0.25, 0.3) is 11.1 Å². The molecule has 0 aliphatic carbocycles. The largest absolute Gasteiger partial charge is 0.383 e. The molecule has 0 saturated carbocycles. The summed E-state index contributed by atoms with van der Waals surface area (Å²) in [5.74, 6) is -0.409. The SMILES string of the molecule is CC(=O)Nc1ccc(S(=O)(=O)n2cc(-c3ccccc3)c(C#N)c2N)cc1. The van der Waals surface area contributed by atoms with Gasteiger partial charge in [-0.15, -0.1) is 0 Å². The number of hydrogen-bond donors (Lipinski definition) is 2. The first-order valence-corrected chi connectivity index (χ1v) is 9.38. The second-order valence-corrected chi connectivity index (χ2v) is 7.60. The third-order valence-corrected chi connectivity index (χ3v) is 5.63. The molecule has 0 bridgehead atoms. The molecule has 1 heterocycles. The van der Waals surface area contributed by atoms with Crippen molar-refractivity contribution in [3.63, 3.8) is 0 Å². The third kappa shape index (κ3) is 3.41. The Bertz CT molecular complexity index is 1140. The lowest BCUT2D eigenvalue weighted by Crippen LogP contribution is -2.15. The maximum atomic E-state index is 13.0. The maximum absolute atomic E-state index is 13.0. The zero-order valence-electron chi connectivity index (χ0n) is 14.4. The van der Waals surface area contributed by atoms with Crippen molar-refractivity contribution in [3.8, 4) is 17.2 Å². The summed E-state index contributed by atoms with van der Waals surface area (Å²) in [7, 11) is -4.01. The lowest BCUT2D eigenvalue weighted by molar-refractivity contribution is -0.114. The Hall–Kier alpha value is -3.57. The fourth-order valence-corrected chi connectivity index (χ4v) is 3.98. The number of nitrogens with one attached hydrogen (secondary N) is 1. The number of nitrogens with two attached hydrogens (primary N) is 1. The molecule has 0 saturated heterocycles. The normalized spacial score (nSPS) is 11.0. The van der Waals surface area contributed by atoms with Gasteiger partial charge in [0.05, 0.1) is 4.90 Å². The topological polar surface area (TPSA) is 118 Å². The number of anilines is 2. The molecule has 3 aromatic rings. The lowest BCUT2D eigenvalue weighted by atomic mass is 10.1. The number of carbonyl (C=O) groups is 1. The van der Waals surface area contributed by atoms with Crippen LogP contribution >= 0.6 is 0 Å². The van der Waals surface area contributed by atoms with E-state index in [-0.39, 0.29) is 22.2 Å². The van der Waals surface area contributed by atoms with Crippen molar-refractivity contribution in [2.75, 3.05) is 11.1 Å². The minimum Gasteiger partial charge on any atom is -0.383 e. The Labute approximate surface area is 156 Å². The van der Waals surface area contributed by atoms with Crippen LogP contribution in [0.1, 0.15) is 12.5 Å². The van der Waals surface area contributed by atoms with E-state index in [1.165, 1.54) is 37.4 Å². The Morgan fingerprint density at radius 3 is 2.30 bits per heavy atom. The predicted molar refractivity (Wildman–Crippen MR) is 102 cm³/mol. The summed E-state index contributed by atoms with van der Waals surface area (Å²) in [6.45, 7) is 1.36. The smallest absolute Gasteiger partial charge is 0.269 e. The number of nitriles is 1. The van der Waals surface area contributed by atoms with Gasteiger partial charge in [-0.3, -0.25) is 4.79 Å². The number of amides is 1. The molecule has 136 valence electrons. The van der Waals surface area contributed by atoms with E-state index in [1.807, 2.05) is 12.1 Å². The Kier molecular flexibility index (Phi) is 4.71. The van der Waals surface area contributed by atoms with Crippen LogP contribution in [-0.4, -0.2) is 18.3 Å². The number of aromatic nitrogens is 1. The van der Waals surface area contributed by atoms with Crippen LogP contribution in [0.15, 0.2) is 65.7 Å². The molecule has 1 aromatic heterocycles. The van der Waals surface area contributed by atoms with Crippen molar-refractivity contribution in [2.24, 2.45) is 0 Å². The molecular formula is C19H16N4O3S. The van der Waals surface area contributed by atoms with Crippen molar-refractivity contribution in [1.82, 2.24) is 3.97 Å². The summed E-state index contributed by atoms with van der Waals surface area (Å²) < 4.78 is 26.9. The molecule has 1 amide bonds. The van der Waals surface area contributed by atoms with Gasteiger partial charge in [0.2, 0.25) is 5.91 Å². The van der Waals surface area contributed by atoms with Gasteiger partial charge in [0, 0.05) is 24.4 Å². The van der Waals surface area contributed by atoms with Gasteiger partial charge in [-0.05, 0) is 29.8 Å². The van der Waals surface area contributed by atoms with Crippen molar-refractivity contribution in [2.45, 2.75) is 11.8 Å². The summed E-state index contributed by atoms with van der Waals surface area (Å²) in [4.78, 5) is 11.1. The zero-order chi connectivity index (χ0) is 19.6. The van der Waals surface area contributed by atoms with E-state index in [0.717, 1.165) is 3.97 Å². The molecule has 3 rings (SSSR count). The monoisotopic (exact) mass is 380 g/mol. The van der Waals surface area contributed by atoms with Crippen LogP contribution in [-0.2, 0) is 14.8 Å². The van der Waals surface area contributed by atoms with Crippen LogP contribution in [0.5, 0.6) is 0 Å². The zero-order valence-corrected chi connectivity index (χ0v) is 15.2. The molecule has 0 aliphatic heterocycles. The minimum absolute atomic E-state index is 0.0117. The summed E-state index contributed by atoms with van der Waals surface area (Å²) in [6.07, 6.45) is 1.35. The lowest BCUT2D eigenvalue weighted by Gasteiger charge is -2.09. The minimum atomic E-state index is -4.01. The van der Waals surface area contributed by atoms with Gasteiger partial charge in [-0.1, -0.05) is 30.3 Å². The molecule has 7 nitrogen and oxygen atoms in total. The van der Waals surface area contributed by atoms with Crippen molar-refractivity contribution in [1.29, 1.82) is 5.26 Å². The molecule has 0 aliphatic rings. The number of nitrogens with zero attached hydrogens (tertiary/aromatic N) is 2. The summed E-state index contributed by atoms with van der Waals surface area (Å²) in [5.41, 5.74) is 7.68. The highest BCUT2D eigenvalue weighted by atomic mass is 32.2.